The second-order valence-corrected chi connectivity index (χ2v) is 9.95. The third-order valence-electron chi connectivity index (χ3n) is 6.08. The van der Waals surface area contributed by atoms with Crippen molar-refractivity contribution in [2.45, 2.75) is 39.6 Å². The Morgan fingerprint density at radius 2 is 1.76 bits per heavy atom. The van der Waals surface area contributed by atoms with Crippen molar-refractivity contribution in [3.05, 3.63) is 41.7 Å². The number of alkyl halides is 3. The fourth-order valence-electron chi connectivity index (χ4n) is 4.08. The molecular formula is C24H28F3N5O5. The van der Waals surface area contributed by atoms with E-state index in [4.69, 9.17) is 9.47 Å². The molecule has 0 bridgehead atoms. The fourth-order valence-corrected chi connectivity index (χ4v) is 4.08. The summed E-state index contributed by atoms with van der Waals surface area (Å²) in [4.78, 5) is 44.9. The van der Waals surface area contributed by atoms with E-state index in [0.717, 1.165) is 10.2 Å². The van der Waals surface area contributed by atoms with Gasteiger partial charge in [-0.05, 0) is 5.56 Å². The monoisotopic (exact) mass is 523 g/mol. The van der Waals surface area contributed by atoms with Crippen LogP contribution in [-0.2, 0) is 20.9 Å². The Kier molecular flexibility index (Phi) is 7.38. The number of nitrogens with zero attached hydrogens (tertiary/aromatic N) is 5. The first-order valence-corrected chi connectivity index (χ1v) is 11.8. The standard InChI is InChI=1S/C24H28F3N5O5/c1-23(2,3)21(35)32-22(37-14-15-7-5-4-6-8-15)28-19(29-32)18-17(24(25,26)27)20(34)31(18)16(33)13-30-9-11-36-12-10-30/h4-8,17-18H,9-14H2,1-3H3. The molecule has 1 aromatic carbocycles. The van der Waals surface area contributed by atoms with Crippen LogP contribution in [-0.4, -0.2) is 81.3 Å². The molecule has 3 heterocycles. The summed E-state index contributed by atoms with van der Waals surface area (Å²) < 4.78 is 53.3. The van der Waals surface area contributed by atoms with Crippen molar-refractivity contribution in [1.29, 1.82) is 0 Å². The number of amides is 2. The Hall–Kier alpha value is -3.32. The van der Waals surface area contributed by atoms with Crippen LogP contribution in [0.25, 0.3) is 0 Å². The average molecular weight is 524 g/mol. The summed E-state index contributed by atoms with van der Waals surface area (Å²) in [5.41, 5.74) is -0.239. The van der Waals surface area contributed by atoms with E-state index in [2.05, 4.69) is 10.1 Å². The van der Waals surface area contributed by atoms with Gasteiger partial charge in [0.05, 0.1) is 19.8 Å². The highest BCUT2D eigenvalue weighted by atomic mass is 19.4. The molecule has 2 amide bonds. The highest BCUT2D eigenvalue weighted by molar-refractivity contribution is 6.03. The quantitative estimate of drug-likeness (QED) is 0.532. The van der Waals surface area contributed by atoms with Crippen LogP contribution >= 0.6 is 0 Å². The number of rotatable bonds is 6. The lowest BCUT2D eigenvalue weighted by atomic mass is 9.85. The number of ether oxygens (including phenoxy) is 2. The van der Waals surface area contributed by atoms with E-state index in [1.165, 1.54) is 0 Å². The molecule has 37 heavy (non-hydrogen) atoms. The predicted molar refractivity (Wildman–Crippen MR) is 122 cm³/mol. The summed E-state index contributed by atoms with van der Waals surface area (Å²) in [6.45, 7) is 6.12. The number of halogens is 3. The number of hydrogen-bond donors (Lipinski definition) is 0. The van der Waals surface area contributed by atoms with Gasteiger partial charge in [-0.15, -0.1) is 9.78 Å². The Labute approximate surface area is 211 Å². The zero-order valence-corrected chi connectivity index (χ0v) is 20.7. The van der Waals surface area contributed by atoms with Gasteiger partial charge in [0.25, 0.3) is 5.91 Å². The van der Waals surface area contributed by atoms with E-state index < -0.39 is 47.1 Å². The molecule has 4 rings (SSSR count). The SMILES string of the molecule is CC(C)(C)C(=O)n1nc(C2C(C(F)(F)F)C(=O)N2C(=O)CN2CCOCC2)nc1OCc1ccccc1. The molecule has 0 radical (unpaired) electrons. The summed E-state index contributed by atoms with van der Waals surface area (Å²) in [6.07, 6.45) is -4.94. The molecule has 0 spiro atoms. The maximum Gasteiger partial charge on any atom is 0.403 e. The van der Waals surface area contributed by atoms with E-state index >= 15 is 0 Å². The fraction of sp³-hybridized carbons (Fsp3) is 0.542. The lowest BCUT2D eigenvalue weighted by Gasteiger charge is -2.45. The number of carbonyl (C=O) groups excluding carboxylic acids is 3. The molecule has 13 heteroatoms. The van der Waals surface area contributed by atoms with Gasteiger partial charge >= 0.3 is 12.2 Å². The van der Waals surface area contributed by atoms with Gasteiger partial charge in [-0.25, -0.2) is 0 Å². The van der Waals surface area contributed by atoms with E-state index in [9.17, 15) is 27.6 Å². The molecule has 2 saturated heterocycles. The summed E-state index contributed by atoms with van der Waals surface area (Å²) >= 11 is 0. The second kappa shape index (κ2) is 10.2. The van der Waals surface area contributed by atoms with Crippen molar-refractivity contribution in [2.75, 3.05) is 32.8 Å². The third-order valence-corrected chi connectivity index (χ3v) is 6.08. The van der Waals surface area contributed by atoms with Crippen LogP contribution in [0, 0.1) is 11.3 Å². The van der Waals surface area contributed by atoms with Crippen molar-refractivity contribution in [2.24, 2.45) is 11.3 Å². The Bertz CT molecular complexity index is 1160. The highest BCUT2D eigenvalue weighted by Crippen LogP contribution is 2.48. The van der Waals surface area contributed by atoms with Crippen molar-refractivity contribution in [3.8, 4) is 6.01 Å². The van der Waals surface area contributed by atoms with Gasteiger partial charge in [0.1, 0.15) is 12.6 Å². The maximum atomic E-state index is 13.9. The Balaban J connectivity index is 1.67. The second-order valence-electron chi connectivity index (χ2n) is 9.95. The molecule has 2 atom stereocenters. The molecule has 2 unspecified atom stereocenters. The molecular weight excluding hydrogens is 495 g/mol. The lowest BCUT2D eigenvalue weighted by molar-refractivity contribution is -0.228. The number of likely N-dealkylation sites (tertiary alicyclic amines) is 1. The zero-order valence-electron chi connectivity index (χ0n) is 20.7. The number of imide groups is 1. The van der Waals surface area contributed by atoms with Crippen LogP contribution in [0.3, 0.4) is 0 Å². The lowest BCUT2D eigenvalue weighted by Crippen LogP contribution is -2.64. The van der Waals surface area contributed by atoms with Crippen LogP contribution in [0.2, 0.25) is 0 Å². The van der Waals surface area contributed by atoms with E-state index in [1.807, 2.05) is 0 Å². The van der Waals surface area contributed by atoms with Crippen LogP contribution in [0.15, 0.2) is 30.3 Å². The molecule has 2 aliphatic rings. The number of benzene rings is 1. The normalized spacial score (nSPS) is 21.0. The summed E-state index contributed by atoms with van der Waals surface area (Å²) in [5.74, 6) is -5.75. The molecule has 0 aliphatic carbocycles. The van der Waals surface area contributed by atoms with Crippen molar-refractivity contribution < 1.29 is 37.0 Å². The first kappa shape index (κ1) is 26.7. The molecule has 200 valence electrons. The molecule has 1 aromatic heterocycles. The van der Waals surface area contributed by atoms with E-state index in [-0.39, 0.29) is 19.2 Å². The Morgan fingerprint density at radius 1 is 1.11 bits per heavy atom. The Morgan fingerprint density at radius 3 is 2.35 bits per heavy atom. The minimum atomic E-state index is -4.94. The molecule has 2 aliphatic heterocycles. The predicted octanol–water partition coefficient (Wildman–Crippen LogP) is 2.46. The van der Waals surface area contributed by atoms with Crippen molar-refractivity contribution in [3.63, 3.8) is 0 Å². The number of hydrogen-bond acceptors (Lipinski definition) is 8. The zero-order chi connectivity index (χ0) is 27.0. The minimum Gasteiger partial charge on any atom is -0.458 e. The molecule has 10 nitrogen and oxygen atoms in total. The van der Waals surface area contributed by atoms with E-state index in [0.29, 0.717) is 31.2 Å². The van der Waals surface area contributed by atoms with Gasteiger partial charge in [-0.2, -0.15) is 18.2 Å². The van der Waals surface area contributed by atoms with Gasteiger partial charge in [0.2, 0.25) is 11.8 Å². The average Bonchev–Trinajstić information content (AvgIpc) is 3.23. The number of morpholine rings is 1. The van der Waals surface area contributed by atoms with Gasteiger partial charge in [-0.3, -0.25) is 24.2 Å². The van der Waals surface area contributed by atoms with Crippen LogP contribution in [0.5, 0.6) is 6.01 Å². The summed E-state index contributed by atoms with van der Waals surface area (Å²) in [6, 6.07) is 6.77. The molecule has 0 saturated carbocycles. The van der Waals surface area contributed by atoms with Crippen LogP contribution in [0.1, 0.15) is 43.0 Å². The first-order valence-electron chi connectivity index (χ1n) is 11.8. The number of aromatic nitrogens is 3. The largest absolute Gasteiger partial charge is 0.458 e. The molecule has 2 fully saturated rings. The summed E-state index contributed by atoms with van der Waals surface area (Å²) in [5, 5.41) is 4.04. The van der Waals surface area contributed by atoms with Gasteiger partial charge in [0, 0.05) is 18.5 Å². The minimum absolute atomic E-state index is 0.0254. The number of carbonyl (C=O) groups is 3. The van der Waals surface area contributed by atoms with Crippen molar-refractivity contribution in [1.82, 2.24) is 24.6 Å². The van der Waals surface area contributed by atoms with E-state index in [1.54, 1.807) is 56.0 Å². The van der Waals surface area contributed by atoms with Crippen molar-refractivity contribution >= 4 is 17.7 Å². The third kappa shape index (κ3) is 5.67. The van der Waals surface area contributed by atoms with Gasteiger partial charge in [0.15, 0.2) is 11.7 Å². The van der Waals surface area contributed by atoms with Gasteiger partial charge < -0.3 is 9.47 Å². The molecule has 0 N–H and O–H groups in total. The highest BCUT2D eigenvalue weighted by Gasteiger charge is 2.65. The topological polar surface area (TPSA) is 107 Å². The van der Waals surface area contributed by atoms with Crippen LogP contribution in [0.4, 0.5) is 13.2 Å². The first-order chi connectivity index (χ1) is 17.4. The number of β-lactam (4-membered cyclic amide) rings is 1. The smallest absolute Gasteiger partial charge is 0.403 e. The molecule has 2 aromatic rings. The summed E-state index contributed by atoms with van der Waals surface area (Å²) in [7, 11) is 0. The van der Waals surface area contributed by atoms with Crippen LogP contribution < -0.4 is 4.74 Å². The maximum absolute atomic E-state index is 13.9. The van der Waals surface area contributed by atoms with Gasteiger partial charge in [-0.1, -0.05) is 51.1 Å².